The molecule has 134 valence electrons. The number of nitrogens with zero attached hydrogens (tertiary/aromatic N) is 3. The second kappa shape index (κ2) is 5.88. The molecule has 2 fully saturated rings. The predicted octanol–water partition coefficient (Wildman–Crippen LogP) is 0.696. The van der Waals surface area contributed by atoms with Crippen molar-refractivity contribution in [2.24, 2.45) is 11.8 Å². The molecule has 1 N–H and O–H groups in total. The molecule has 25 heavy (non-hydrogen) atoms. The standard InChI is InChI=1S/C17H22N4O3S/c1-9(2)21-8-17-6-4-11(24-17)13(14(17)16(21)23)15(22)18-7-5-12-20-19-10(3)25-12/h4,6,9,11,13-14H,5,7-8H2,1-3H3,(H,18,22). The summed E-state index contributed by atoms with van der Waals surface area (Å²) in [6.07, 6.45) is 4.27. The molecule has 3 aliphatic rings. The van der Waals surface area contributed by atoms with Crippen LogP contribution in [0.1, 0.15) is 23.9 Å². The number of carbonyl (C=O) groups excluding carboxylic acids is 2. The van der Waals surface area contributed by atoms with Gasteiger partial charge in [-0.15, -0.1) is 21.5 Å². The maximum Gasteiger partial charge on any atom is 0.230 e. The number of carbonyl (C=O) groups is 2. The molecular weight excluding hydrogens is 340 g/mol. The molecule has 3 aliphatic heterocycles. The van der Waals surface area contributed by atoms with Crippen molar-refractivity contribution < 1.29 is 14.3 Å². The minimum Gasteiger partial charge on any atom is -0.360 e. The molecule has 7 nitrogen and oxygen atoms in total. The summed E-state index contributed by atoms with van der Waals surface area (Å²) in [4.78, 5) is 27.4. The number of hydrogen-bond donors (Lipinski definition) is 1. The summed E-state index contributed by atoms with van der Waals surface area (Å²) >= 11 is 1.53. The highest BCUT2D eigenvalue weighted by molar-refractivity contribution is 7.11. The van der Waals surface area contributed by atoms with Crippen molar-refractivity contribution in [1.29, 1.82) is 0 Å². The van der Waals surface area contributed by atoms with Crippen molar-refractivity contribution in [3.8, 4) is 0 Å². The van der Waals surface area contributed by atoms with Gasteiger partial charge in [0, 0.05) is 19.0 Å². The third kappa shape index (κ3) is 2.58. The van der Waals surface area contributed by atoms with E-state index in [4.69, 9.17) is 4.74 Å². The number of nitrogens with one attached hydrogen (secondary N) is 1. The summed E-state index contributed by atoms with van der Waals surface area (Å²) in [5, 5.41) is 12.8. The highest BCUT2D eigenvalue weighted by Crippen LogP contribution is 2.52. The number of amides is 2. The lowest BCUT2D eigenvalue weighted by Gasteiger charge is -2.24. The minimum absolute atomic E-state index is 0.0294. The fraction of sp³-hybridized carbons (Fsp3) is 0.647. The zero-order chi connectivity index (χ0) is 17.8. The number of aryl methyl sites for hydroxylation is 1. The molecular formula is C17H22N4O3S. The molecule has 8 heteroatoms. The van der Waals surface area contributed by atoms with Crippen LogP contribution in [0.2, 0.25) is 0 Å². The summed E-state index contributed by atoms with van der Waals surface area (Å²) in [6.45, 7) is 6.91. The van der Waals surface area contributed by atoms with Gasteiger partial charge in [0.1, 0.15) is 15.6 Å². The maximum atomic E-state index is 12.8. The molecule has 0 aromatic carbocycles. The summed E-state index contributed by atoms with van der Waals surface area (Å²) in [5.74, 6) is -0.936. The van der Waals surface area contributed by atoms with Gasteiger partial charge in [0.2, 0.25) is 11.8 Å². The highest BCUT2D eigenvalue weighted by Gasteiger charge is 2.66. The molecule has 0 radical (unpaired) electrons. The Morgan fingerprint density at radius 3 is 3.00 bits per heavy atom. The van der Waals surface area contributed by atoms with Gasteiger partial charge >= 0.3 is 0 Å². The Bertz CT molecular complexity index is 746. The monoisotopic (exact) mass is 362 g/mol. The van der Waals surface area contributed by atoms with Gasteiger partial charge < -0.3 is 15.0 Å². The van der Waals surface area contributed by atoms with Crippen LogP contribution in [0.25, 0.3) is 0 Å². The topological polar surface area (TPSA) is 84.4 Å². The van der Waals surface area contributed by atoms with Gasteiger partial charge in [-0.3, -0.25) is 9.59 Å². The summed E-state index contributed by atoms with van der Waals surface area (Å²) in [5.41, 5.74) is -0.621. The zero-order valence-corrected chi connectivity index (χ0v) is 15.4. The molecule has 1 spiro atoms. The van der Waals surface area contributed by atoms with Gasteiger partial charge in [-0.1, -0.05) is 12.2 Å². The first-order valence-corrected chi connectivity index (χ1v) is 9.47. The van der Waals surface area contributed by atoms with Gasteiger partial charge in [-0.05, 0) is 20.8 Å². The van der Waals surface area contributed by atoms with E-state index >= 15 is 0 Å². The zero-order valence-electron chi connectivity index (χ0n) is 14.6. The number of hydrogen-bond acceptors (Lipinski definition) is 6. The van der Waals surface area contributed by atoms with Crippen LogP contribution in [-0.2, 0) is 20.7 Å². The molecule has 2 amide bonds. The van der Waals surface area contributed by atoms with Crippen LogP contribution in [-0.4, -0.2) is 57.7 Å². The fourth-order valence-corrected chi connectivity index (χ4v) is 4.82. The Kier molecular flexibility index (Phi) is 3.92. The van der Waals surface area contributed by atoms with E-state index in [0.717, 1.165) is 10.0 Å². The molecule has 0 saturated carbocycles. The lowest BCUT2D eigenvalue weighted by molar-refractivity contribution is -0.138. The smallest absolute Gasteiger partial charge is 0.230 e. The first-order chi connectivity index (χ1) is 11.9. The first-order valence-electron chi connectivity index (χ1n) is 8.65. The summed E-state index contributed by atoms with van der Waals surface area (Å²) in [7, 11) is 0. The van der Waals surface area contributed by atoms with Crippen LogP contribution >= 0.6 is 11.3 Å². The van der Waals surface area contributed by atoms with E-state index in [-0.39, 0.29) is 24.0 Å². The van der Waals surface area contributed by atoms with Gasteiger partial charge in [-0.2, -0.15) is 0 Å². The summed E-state index contributed by atoms with van der Waals surface area (Å²) < 4.78 is 6.08. The van der Waals surface area contributed by atoms with E-state index in [9.17, 15) is 9.59 Å². The van der Waals surface area contributed by atoms with Crippen LogP contribution in [0.3, 0.4) is 0 Å². The molecule has 2 saturated heterocycles. The van der Waals surface area contributed by atoms with Crippen molar-refractivity contribution in [2.45, 2.75) is 44.9 Å². The molecule has 1 aromatic rings. The van der Waals surface area contributed by atoms with Crippen LogP contribution < -0.4 is 5.32 Å². The lowest BCUT2D eigenvalue weighted by Crippen LogP contribution is -2.44. The minimum atomic E-state index is -0.621. The van der Waals surface area contributed by atoms with Crippen molar-refractivity contribution in [2.75, 3.05) is 13.1 Å². The van der Waals surface area contributed by atoms with Gasteiger partial charge in [0.15, 0.2) is 0 Å². The van der Waals surface area contributed by atoms with E-state index in [2.05, 4.69) is 15.5 Å². The van der Waals surface area contributed by atoms with Crippen LogP contribution in [0.4, 0.5) is 0 Å². The van der Waals surface area contributed by atoms with Crippen molar-refractivity contribution >= 4 is 23.2 Å². The van der Waals surface area contributed by atoms with E-state index in [1.165, 1.54) is 11.3 Å². The number of fused-ring (bicyclic) bond motifs is 1. The van der Waals surface area contributed by atoms with E-state index in [1.807, 2.05) is 37.8 Å². The predicted molar refractivity (Wildman–Crippen MR) is 91.9 cm³/mol. The quantitative estimate of drug-likeness (QED) is 0.780. The highest BCUT2D eigenvalue weighted by atomic mass is 32.1. The van der Waals surface area contributed by atoms with Gasteiger partial charge in [0.25, 0.3) is 0 Å². The Balaban J connectivity index is 1.44. The molecule has 4 unspecified atom stereocenters. The Morgan fingerprint density at radius 1 is 1.52 bits per heavy atom. The molecule has 4 rings (SSSR count). The number of likely N-dealkylation sites (tertiary alicyclic amines) is 1. The summed E-state index contributed by atoms with van der Waals surface area (Å²) in [6, 6.07) is 0.105. The number of aromatic nitrogens is 2. The second-order valence-electron chi connectivity index (χ2n) is 7.22. The van der Waals surface area contributed by atoms with Gasteiger partial charge in [0.05, 0.1) is 24.5 Å². The van der Waals surface area contributed by atoms with Crippen LogP contribution in [0, 0.1) is 18.8 Å². The van der Waals surface area contributed by atoms with Crippen LogP contribution in [0.15, 0.2) is 12.2 Å². The number of ether oxygens (including phenoxy) is 1. The molecule has 4 heterocycles. The molecule has 0 aliphatic carbocycles. The number of rotatable bonds is 5. The Hall–Kier alpha value is -1.80. The van der Waals surface area contributed by atoms with Gasteiger partial charge in [-0.25, -0.2) is 0 Å². The Labute approximate surface area is 150 Å². The first kappa shape index (κ1) is 16.7. The van der Waals surface area contributed by atoms with Crippen molar-refractivity contribution in [1.82, 2.24) is 20.4 Å². The largest absolute Gasteiger partial charge is 0.360 e. The normalized spacial score (nSPS) is 32.7. The van der Waals surface area contributed by atoms with E-state index in [0.29, 0.717) is 19.5 Å². The average Bonchev–Trinajstić information content (AvgIpc) is 3.29. The third-order valence-electron chi connectivity index (χ3n) is 5.26. The maximum absolute atomic E-state index is 12.8. The molecule has 1 aromatic heterocycles. The van der Waals surface area contributed by atoms with E-state index in [1.54, 1.807) is 0 Å². The SMILES string of the molecule is Cc1nnc(CCNC(=O)C2C3C=CC4(CN(C(C)C)C(=O)C24)O3)s1. The van der Waals surface area contributed by atoms with Crippen LogP contribution in [0.5, 0.6) is 0 Å². The molecule has 2 bridgehead atoms. The van der Waals surface area contributed by atoms with E-state index < -0.39 is 17.4 Å². The third-order valence-corrected chi connectivity index (χ3v) is 6.16. The fourth-order valence-electron chi connectivity index (χ4n) is 4.11. The molecule has 4 atom stereocenters. The Morgan fingerprint density at radius 2 is 2.32 bits per heavy atom. The second-order valence-corrected chi connectivity index (χ2v) is 8.48. The average molecular weight is 362 g/mol. The van der Waals surface area contributed by atoms with Crippen molar-refractivity contribution in [3.05, 3.63) is 22.2 Å². The lowest BCUT2D eigenvalue weighted by atomic mass is 9.77. The van der Waals surface area contributed by atoms with Crippen molar-refractivity contribution in [3.63, 3.8) is 0 Å².